The average molecular weight is 367 g/mol. The molecule has 0 heterocycles. The van der Waals surface area contributed by atoms with Crippen molar-refractivity contribution in [3.63, 3.8) is 0 Å². The fourth-order valence-corrected chi connectivity index (χ4v) is 3.17. The van der Waals surface area contributed by atoms with Gasteiger partial charge in [-0.2, -0.15) is 5.26 Å². The van der Waals surface area contributed by atoms with Gasteiger partial charge in [0.05, 0.1) is 29.3 Å². The summed E-state index contributed by atoms with van der Waals surface area (Å²) in [7, 11) is -2.23. The van der Waals surface area contributed by atoms with E-state index in [1.165, 1.54) is 31.4 Å². The number of ether oxygens (including phenoxy) is 1. The molecule has 21 heavy (non-hydrogen) atoms. The van der Waals surface area contributed by atoms with Crippen LogP contribution in [0, 0.1) is 11.3 Å². The summed E-state index contributed by atoms with van der Waals surface area (Å²) in [4.78, 5) is 0.0798. The molecule has 0 saturated carbocycles. The second-order valence-corrected chi connectivity index (χ2v) is 6.62. The molecule has 1 N–H and O–H groups in total. The lowest BCUT2D eigenvalue weighted by Gasteiger charge is -2.11. The topological polar surface area (TPSA) is 79.2 Å². The monoisotopic (exact) mass is 366 g/mol. The summed E-state index contributed by atoms with van der Waals surface area (Å²) in [6, 6.07) is 12.6. The number of sulfonamides is 1. The van der Waals surface area contributed by atoms with Gasteiger partial charge in [0.15, 0.2) is 0 Å². The molecule has 0 fully saturated rings. The number of benzene rings is 2. The zero-order valence-electron chi connectivity index (χ0n) is 11.0. The number of hydrogen-bond donors (Lipinski definition) is 1. The van der Waals surface area contributed by atoms with Crippen LogP contribution >= 0.6 is 15.9 Å². The molecule has 2 aromatic carbocycles. The Labute approximate surface area is 131 Å². The number of nitrogens with zero attached hydrogens (tertiary/aromatic N) is 1. The molecule has 0 spiro atoms. The normalized spacial score (nSPS) is 10.7. The summed E-state index contributed by atoms with van der Waals surface area (Å²) < 4.78 is 32.7. The van der Waals surface area contributed by atoms with Crippen LogP contribution in [0.2, 0.25) is 0 Å². The fraction of sp³-hybridized carbons (Fsp3) is 0.0714. The van der Waals surface area contributed by atoms with Gasteiger partial charge in [0, 0.05) is 10.5 Å². The van der Waals surface area contributed by atoms with Crippen molar-refractivity contribution in [1.29, 1.82) is 5.26 Å². The lowest BCUT2D eigenvalue weighted by molar-refractivity contribution is 0.415. The van der Waals surface area contributed by atoms with Gasteiger partial charge < -0.3 is 4.74 Å². The molecule has 0 aliphatic heterocycles. The Morgan fingerprint density at radius 2 is 1.86 bits per heavy atom. The van der Waals surface area contributed by atoms with Crippen LogP contribution in [-0.2, 0) is 10.0 Å². The minimum Gasteiger partial charge on any atom is -0.497 e. The number of nitriles is 1. The highest BCUT2D eigenvalue weighted by Gasteiger charge is 2.16. The predicted octanol–water partition coefficient (Wildman–Crippen LogP) is 3.13. The number of anilines is 1. The molecule has 2 rings (SSSR count). The standard InChI is InChI=1S/C14H11BrN2O3S/c1-20-11-4-7-13(15)14(8-11)17-21(18,19)12-5-2-10(9-16)3-6-12/h2-8,17H,1H3. The summed E-state index contributed by atoms with van der Waals surface area (Å²) >= 11 is 3.28. The SMILES string of the molecule is COc1ccc(Br)c(NS(=O)(=O)c2ccc(C#N)cc2)c1. The molecule has 0 bridgehead atoms. The van der Waals surface area contributed by atoms with Gasteiger partial charge in [0.1, 0.15) is 5.75 Å². The van der Waals surface area contributed by atoms with Gasteiger partial charge in [-0.1, -0.05) is 0 Å². The van der Waals surface area contributed by atoms with E-state index in [1.54, 1.807) is 18.2 Å². The molecule has 0 aliphatic rings. The number of rotatable bonds is 4. The van der Waals surface area contributed by atoms with E-state index in [0.717, 1.165) is 0 Å². The van der Waals surface area contributed by atoms with Crippen molar-refractivity contribution in [2.75, 3.05) is 11.8 Å². The van der Waals surface area contributed by atoms with Crippen LogP contribution in [-0.4, -0.2) is 15.5 Å². The maximum atomic E-state index is 12.3. The van der Waals surface area contributed by atoms with Gasteiger partial charge >= 0.3 is 0 Å². The highest BCUT2D eigenvalue weighted by Crippen LogP contribution is 2.29. The van der Waals surface area contributed by atoms with Crippen molar-refractivity contribution in [3.05, 3.63) is 52.5 Å². The van der Waals surface area contributed by atoms with Crippen molar-refractivity contribution in [3.8, 4) is 11.8 Å². The highest BCUT2D eigenvalue weighted by atomic mass is 79.9. The van der Waals surface area contributed by atoms with Gasteiger partial charge in [0.2, 0.25) is 0 Å². The third-order valence-corrected chi connectivity index (χ3v) is 4.78. The first kappa shape index (κ1) is 15.4. The van der Waals surface area contributed by atoms with E-state index in [0.29, 0.717) is 21.5 Å². The zero-order valence-corrected chi connectivity index (χ0v) is 13.4. The summed E-state index contributed by atoms with van der Waals surface area (Å²) in [6.07, 6.45) is 0. The lowest BCUT2D eigenvalue weighted by atomic mass is 10.2. The van der Waals surface area contributed by atoms with Crippen molar-refractivity contribution in [2.45, 2.75) is 4.90 Å². The van der Waals surface area contributed by atoms with Gasteiger partial charge in [-0.3, -0.25) is 4.72 Å². The van der Waals surface area contributed by atoms with Crippen molar-refractivity contribution >= 4 is 31.6 Å². The quantitative estimate of drug-likeness (QED) is 0.901. The number of nitrogens with one attached hydrogen (secondary N) is 1. The summed E-state index contributed by atoms with van der Waals surface area (Å²) in [5.41, 5.74) is 0.773. The largest absolute Gasteiger partial charge is 0.497 e. The third kappa shape index (κ3) is 3.54. The van der Waals surface area contributed by atoms with Gasteiger partial charge in [-0.25, -0.2) is 8.42 Å². The van der Waals surface area contributed by atoms with Crippen LogP contribution in [0.1, 0.15) is 5.56 Å². The van der Waals surface area contributed by atoms with Crippen molar-refractivity contribution in [2.24, 2.45) is 0 Å². The van der Waals surface area contributed by atoms with Crippen LogP contribution in [0.25, 0.3) is 0 Å². The maximum absolute atomic E-state index is 12.3. The minimum atomic E-state index is -3.73. The van der Waals surface area contributed by atoms with Crippen LogP contribution in [0.15, 0.2) is 51.8 Å². The Morgan fingerprint density at radius 1 is 1.19 bits per heavy atom. The van der Waals surface area contributed by atoms with E-state index in [9.17, 15) is 8.42 Å². The third-order valence-electron chi connectivity index (χ3n) is 2.71. The summed E-state index contributed by atoms with van der Waals surface area (Å²) in [6.45, 7) is 0. The average Bonchev–Trinajstić information content (AvgIpc) is 2.49. The second-order valence-electron chi connectivity index (χ2n) is 4.09. The van der Waals surface area contributed by atoms with E-state index < -0.39 is 10.0 Å². The van der Waals surface area contributed by atoms with Crippen LogP contribution in [0.5, 0.6) is 5.75 Å². The Bertz CT molecular complexity index is 796. The molecule has 0 amide bonds. The van der Waals surface area contributed by atoms with Gasteiger partial charge in [-0.05, 0) is 52.3 Å². The summed E-state index contributed by atoms with van der Waals surface area (Å²) in [5.74, 6) is 0.538. The number of methoxy groups -OCH3 is 1. The zero-order chi connectivity index (χ0) is 15.5. The van der Waals surface area contributed by atoms with E-state index in [1.807, 2.05) is 6.07 Å². The van der Waals surface area contributed by atoms with Crippen LogP contribution < -0.4 is 9.46 Å². The Balaban J connectivity index is 2.35. The van der Waals surface area contributed by atoms with Crippen molar-refractivity contribution < 1.29 is 13.2 Å². The molecular formula is C14H11BrN2O3S. The number of halogens is 1. The first-order valence-corrected chi connectivity index (χ1v) is 8.10. The maximum Gasteiger partial charge on any atom is 0.261 e. The number of hydrogen-bond acceptors (Lipinski definition) is 4. The first-order valence-electron chi connectivity index (χ1n) is 5.83. The Hall–Kier alpha value is -2.04. The molecule has 108 valence electrons. The van der Waals surface area contributed by atoms with E-state index in [4.69, 9.17) is 10.00 Å². The fourth-order valence-electron chi connectivity index (χ4n) is 1.62. The van der Waals surface area contributed by atoms with Crippen LogP contribution in [0.3, 0.4) is 0 Å². The molecule has 0 radical (unpaired) electrons. The molecule has 7 heteroatoms. The Morgan fingerprint density at radius 3 is 2.43 bits per heavy atom. The van der Waals surface area contributed by atoms with E-state index >= 15 is 0 Å². The van der Waals surface area contributed by atoms with Crippen LogP contribution in [0.4, 0.5) is 5.69 Å². The van der Waals surface area contributed by atoms with Crippen molar-refractivity contribution in [1.82, 2.24) is 0 Å². The first-order chi connectivity index (χ1) is 9.96. The highest BCUT2D eigenvalue weighted by molar-refractivity contribution is 9.10. The smallest absolute Gasteiger partial charge is 0.261 e. The lowest BCUT2D eigenvalue weighted by Crippen LogP contribution is -2.13. The Kier molecular flexibility index (Phi) is 4.50. The minimum absolute atomic E-state index is 0.0798. The predicted molar refractivity (Wildman–Crippen MR) is 82.7 cm³/mol. The summed E-state index contributed by atoms with van der Waals surface area (Å²) in [5, 5.41) is 8.73. The molecule has 0 aromatic heterocycles. The molecule has 0 atom stereocenters. The van der Waals surface area contributed by atoms with E-state index in [2.05, 4.69) is 20.7 Å². The second kappa shape index (κ2) is 6.16. The van der Waals surface area contributed by atoms with Gasteiger partial charge in [-0.15, -0.1) is 0 Å². The molecule has 0 unspecified atom stereocenters. The molecule has 0 aliphatic carbocycles. The van der Waals surface area contributed by atoms with E-state index in [-0.39, 0.29) is 4.90 Å². The van der Waals surface area contributed by atoms with Gasteiger partial charge in [0.25, 0.3) is 10.0 Å². The molecule has 0 saturated heterocycles. The molecule has 5 nitrogen and oxygen atoms in total. The molecule has 2 aromatic rings. The molecular weight excluding hydrogens is 356 g/mol.